The summed E-state index contributed by atoms with van der Waals surface area (Å²) in [5.74, 6) is -0.782. The molecular weight excluding hydrogens is 268 g/mol. The largest absolute Gasteiger partial charge is 0.480 e. The number of hydrogen-bond donors (Lipinski definition) is 3. The maximum absolute atomic E-state index is 12.0. The van der Waals surface area contributed by atoms with Crippen LogP contribution in [0.25, 0.3) is 0 Å². The number of aliphatic carboxylic acids is 1. The Morgan fingerprint density at radius 2 is 1.81 bits per heavy atom. The predicted octanol–water partition coefficient (Wildman–Crippen LogP) is 1.95. The summed E-state index contributed by atoms with van der Waals surface area (Å²) < 4.78 is 0. The summed E-state index contributed by atoms with van der Waals surface area (Å²) >= 11 is 0. The molecule has 0 aliphatic heterocycles. The maximum atomic E-state index is 12.0. The number of carbonyl (C=O) groups excluding carboxylic acids is 1. The number of carbonyl (C=O) groups is 2. The molecule has 0 fully saturated rings. The van der Waals surface area contributed by atoms with Crippen LogP contribution in [0, 0.1) is 5.92 Å². The number of carboxylic acids is 1. The second kappa shape index (κ2) is 6.61. The van der Waals surface area contributed by atoms with Crippen LogP contribution < -0.4 is 10.6 Å². The molecule has 0 bridgehead atoms. The number of hydrogen-bond acceptors (Lipinski definition) is 2. The minimum Gasteiger partial charge on any atom is -0.480 e. The van der Waals surface area contributed by atoms with Crippen molar-refractivity contribution in [2.75, 3.05) is 0 Å². The minimum absolute atomic E-state index is 0.0379. The van der Waals surface area contributed by atoms with Crippen LogP contribution in [0.2, 0.25) is 0 Å². The molecule has 1 aliphatic rings. The van der Waals surface area contributed by atoms with E-state index in [2.05, 4.69) is 22.8 Å². The van der Waals surface area contributed by atoms with Crippen molar-refractivity contribution in [3.8, 4) is 0 Å². The highest BCUT2D eigenvalue weighted by molar-refractivity contribution is 5.82. The molecule has 0 radical (unpaired) electrons. The Kier molecular flexibility index (Phi) is 4.83. The van der Waals surface area contributed by atoms with Crippen LogP contribution in [0.3, 0.4) is 0 Å². The van der Waals surface area contributed by atoms with Crippen LogP contribution in [-0.2, 0) is 17.6 Å². The zero-order valence-corrected chi connectivity index (χ0v) is 12.4. The smallest absolute Gasteiger partial charge is 0.326 e. The Balaban J connectivity index is 1.86. The van der Waals surface area contributed by atoms with E-state index in [1.165, 1.54) is 11.1 Å². The molecule has 5 nitrogen and oxygen atoms in total. The number of benzene rings is 1. The fraction of sp³-hybridized carbons (Fsp3) is 0.500. The molecule has 5 heteroatoms. The minimum atomic E-state index is -0.992. The van der Waals surface area contributed by atoms with Gasteiger partial charge in [0, 0.05) is 6.04 Å². The SMILES string of the molecule is CC(C)CC(NC(=O)NC1Cc2ccccc2C1)C(=O)O. The van der Waals surface area contributed by atoms with Crippen LogP contribution >= 0.6 is 0 Å². The van der Waals surface area contributed by atoms with Crippen molar-refractivity contribution in [1.82, 2.24) is 10.6 Å². The summed E-state index contributed by atoms with van der Waals surface area (Å²) in [6.07, 6.45) is 2.02. The van der Waals surface area contributed by atoms with Gasteiger partial charge in [0.2, 0.25) is 0 Å². The molecule has 0 saturated carbocycles. The first-order valence-electron chi connectivity index (χ1n) is 7.32. The van der Waals surface area contributed by atoms with E-state index in [9.17, 15) is 9.59 Å². The van der Waals surface area contributed by atoms with Gasteiger partial charge in [0.25, 0.3) is 0 Å². The molecule has 21 heavy (non-hydrogen) atoms. The van der Waals surface area contributed by atoms with Gasteiger partial charge in [-0.15, -0.1) is 0 Å². The second-order valence-electron chi connectivity index (χ2n) is 6.01. The monoisotopic (exact) mass is 290 g/mol. The van der Waals surface area contributed by atoms with Crippen molar-refractivity contribution in [2.45, 2.75) is 45.2 Å². The highest BCUT2D eigenvalue weighted by atomic mass is 16.4. The van der Waals surface area contributed by atoms with Crippen LogP contribution in [0.15, 0.2) is 24.3 Å². The first-order valence-corrected chi connectivity index (χ1v) is 7.32. The van der Waals surface area contributed by atoms with Gasteiger partial charge < -0.3 is 15.7 Å². The Bertz CT molecular complexity index is 503. The molecule has 3 N–H and O–H groups in total. The Hall–Kier alpha value is -2.04. The molecule has 0 saturated heterocycles. The second-order valence-corrected chi connectivity index (χ2v) is 6.01. The lowest BCUT2D eigenvalue weighted by Crippen LogP contribution is -2.49. The number of carboxylic acid groups (broad SMARTS) is 1. The number of amides is 2. The first-order chi connectivity index (χ1) is 9.95. The molecule has 2 rings (SSSR count). The number of urea groups is 1. The van der Waals surface area contributed by atoms with E-state index in [0.717, 1.165) is 12.8 Å². The topological polar surface area (TPSA) is 78.4 Å². The molecule has 0 heterocycles. The Morgan fingerprint density at radius 1 is 1.24 bits per heavy atom. The van der Waals surface area contributed by atoms with E-state index in [4.69, 9.17) is 5.11 Å². The third kappa shape index (κ3) is 4.21. The van der Waals surface area contributed by atoms with Crippen LogP contribution in [0.1, 0.15) is 31.4 Å². The van der Waals surface area contributed by atoms with E-state index in [1.807, 2.05) is 26.0 Å². The summed E-state index contributed by atoms with van der Waals surface area (Å²) in [4.78, 5) is 23.1. The molecule has 1 aromatic rings. The first kappa shape index (κ1) is 15.4. The van der Waals surface area contributed by atoms with E-state index < -0.39 is 18.0 Å². The zero-order chi connectivity index (χ0) is 15.4. The summed E-state index contributed by atoms with van der Waals surface area (Å²) in [6, 6.07) is 6.90. The third-order valence-corrected chi connectivity index (χ3v) is 3.70. The lowest BCUT2D eigenvalue weighted by molar-refractivity contribution is -0.139. The zero-order valence-electron chi connectivity index (χ0n) is 12.4. The summed E-state index contributed by atoms with van der Waals surface area (Å²) in [5, 5.41) is 14.6. The molecule has 114 valence electrons. The number of rotatable bonds is 5. The highest BCUT2D eigenvalue weighted by Crippen LogP contribution is 2.21. The number of fused-ring (bicyclic) bond motifs is 1. The predicted molar refractivity (Wildman–Crippen MR) is 80.2 cm³/mol. The standard InChI is InChI=1S/C16H22N2O3/c1-10(2)7-14(15(19)20)18-16(21)17-13-8-11-5-3-4-6-12(11)9-13/h3-6,10,13-14H,7-9H2,1-2H3,(H,19,20)(H2,17,18,21). The van der Waals surface area contributed by atoms with Gasteiger partial charge in [-0.3, -0.25) is 0 Å². The van der Waals surface area contributed by atoms with Crippen molar-refractivity contribution in [2.24, 2.45) is 5.92 Å². The molecule has 2 amide bonds. The van der Waals surface area contributed by atoms with E-state index in [-0.39, 0.29) is 12.0 Å². The van der Waals surface area contributed by atoms with Gasteiger partial charge >= 0.3 is 12.0 Å². The van der Waals surface area contributed by atoms with Crippen molar-refractivity contribution >= 4 is 12.0 Å². The van der Waals surface area contributed by atoms with E-state index >= 15 is 0 Å². The van der Waals surface area contributed by atoms with Gasteiger partial charge in [0.15, 0.2) is 0 Å². The fourth-order valence-corrected chi connectivity index (χ4v) is 2.74. The van der Waals surface area contributed by atoms with Crippen molar-refractivity contribution < 1.29 is 14.7 Å². The van der Waals surface area contributed by atoms with Crippen LogP contribution in [0.4, 0.5) is 4.79 Å². The summed E-state index contributed by atoms with van der Waals surface area (Å²) in [7, 11) is 0. The van der Waals surface area contributed by atoms with Gasteiger partial charge in [-0.25, -0.2) is 9.59 Å². The molecule has 1 aromatic carbocycles. The maximum Gasteiger partial charge on any atom is 0.326 e. The average Bonchev–Trinajstić information content (AvgIpc) is 2.79. The van der Waals surface area contributed by atoms with Crippen molar-refractivity contribution in [1.29, 1.82) is 0 Å². The van der Waals surface area contributed by atoms with Crippen LogP contribution in [-0.4, -0.2) is 29.2 Å². The van der Waals surface area contributed by atoms with Gasteiger partial charge in [-0.1, -0.05) is 38.1 Å². The lowest BCUT2D eigenvalue weighted by atomic mass is 10.0. The molecule has 1 aliphatic carbocycles. The van der Waals surface area contributed by atoms with Gasteiger partial charge in [-0.05, 0) is 36.3 Å². The molecule has 0 spiro atoms. The Morgan fingerprint density at radius 3 is 2.29 bits per heavy atom. The lowest BCUT2D eigenvalue weighted by Gasteiger charge is -2.19. The molecular formula is C16H22N2O3. The number of nitrogens with one attached hydrogen (secondary N) is 2. The molecule has 0 aromatic heterocycles. The van der Waals surface area contributed by atoms with Gasteiger partial charge in [0.05, 0.1) is 0 Å². The van der Waals surface area contributed by atoms with E-state index in [1.54, 1.807) is 0 Å². The Labute approximate surface area is 124 Å². The summed E-state index contributed by atoms with van der Waals surface area (Å²) in [6.45, 7) is 3.87. The third-order valence-electron chi connectivity index (χ3n) is 3.70. The molecule has 1 atom stereocenters. The average molecular weight is 290 g/mol. The quantitative estimate of drug-likeness (QED) is 0.775. The van der Waals surface area contributed by atoms with Gasteiger partial charge in [0.1, 0.15) is 6.04 Å². The highest BCUT2D eigenvalue weighted by Gasteiger charge is 2.25. The van der Waals surface area contributed by atoms with Crippen molar-refractivity contribution in [3.63, 3.8) is 0 Å². The van der Waals surface area contributed by atoms with Crippen LogP contribution in [0.5, 0.6) is 0 Å². The summed E-state index contributed by atoms with van der Waals surface area (Å²) in [5.41, 5.74) is 2.50. The van der Waals surface area contributed by atoms with Crippen molar-refractivity contribution in [3.05, 3.63) is 35.4 Å². The normalized spacial score (nSPS) is 15.6. The van der Waals surface area contributed by atoms with Gasteiger partial charge in [-0.2, -0.15) is 0 Å². The fourth-order valence-electron chi connectivity index (χ4n) is 2.74. The molecule has 1 unspecified atom stereocenters. The van der Waals surface area contributed by atoms with E-state index in [0.29, 0.717) is 6.42 Å².